The molecule has 5 nitrogen and oxygen atoms in total. The maximum absolute atomic E-state index is 12.9. The molecule has 118 valence electrons. The Morgan fingerprint density at radius 1 is 1.14 bits per heavy atom. The first kappa shape index (κ1) is 16.3. The van der Waals surface area contributed by atoms with Crippen molar-refractivity contribution < 1.29 is 4.43 Å². The number of nitrogens with zero attached hydrogens (tertiary/aromatic N) is 1. The van der Waals surface area contributed by atoms with Crippen LogP contribution in [0.2, 0.25) is 13.1 Å². The summed E-state index contributed by atoms with van der Waals surface area (Å²) in [6.07, 6.45) is 0. The third kappa shape index (κ3) is 2.78. The normalized spacial score (nSPS) is 11.9. The van der Waals surface area contributed by atoms with Crippen LogP contribution in [0.3, 0.4) is 0 Å². The average molecular weight is 318 g/mol. The highest BCUT2D eigenvalue weighted by Crippen LogP contribution is 2.26. The first-order chi connectivity index (χ1) is 10.1. The van der Waals surface area contributed by atoms with Crippen LogP contribution in [0.15, 0.2) is 33.9 Å². The van der Waals surface area contributed by atoms with Gasteiger partial charge in [-0.1, -0.05) is 32.9 Å². The second kappa shape index (κ2) is 5.60. The van der Waals surface area contributed by atoms with Gasteiger partial charge in [0.15, 0.2) is 5.75 Å². The standard InChI is InChI=1S/C16H22N2O3Si/c1-16(2,3)12-14(21-22(4)5)13(19)10-8-6-7-9-11(10)18(17)15(12)20/h6-9,22H,17H2,1-5H3. The summed E-state index contributed by atoms with van der Waals surface area (Å²) in [6, 6.07) is 6.84. The smallest absolute Gasteiger partial charge is 0.276 e. The van der Waals surface area contributed by atoms with E-state index in [1.54, 1.807) is 24.3 Å². The first-order valence-electron chi connectivity index (χ1n) is 7.29. The molecule has 0 spiro atoms. The van der Waals surface area contributed by atoms with Gasteiger partial charge in [-0.3, -0.25) is 9.59 Å². The zero-order valence-corrected chi connectivity index (χ0v) is 14.8. The van der Waals surface area contributed by atoms with Crippen molar-refractivity contribution in [2.75, 3.05) is 5.84 Å². The minimum Gasteiger partial charge on any atom is -0.544 e. The van der Waals surface area contributed by atoms with Gasteiger partial charge in [-0.25, -0.2) is 4.68 Å². The van der Waals surface area contributed by atoms with Gasteiger partial charge in [-0.15, -0.1) is 0 Å². The van der Waals surface area contributed by atoms with Gasteiger partial charge in [0.05, 0.1) is 16.5 Å². The van der Waals surface area contributed by atoms with Crippen molar-refractivity contribution in [3.05, 3.63) is 50.4 Å². The fraction of sp³-hybridized carbons (Fsp3) is 0.375. The van der Waals surface area contributed by atoms with Crippen LogP contribution in [-0.2, 0) is 5.41 Å². The summed E-state index contributed by atoms with van der Waals surface area (Å²) in [5.74, 6) is 6.14. The molecule has 0 amide bonds. The molecule has 0 saturated heterocycles. The number of aromatic nitrogens is 1. The highest BCUT2D eigenvalue weighted by molar-refractivity contribution is 6.49. The van der Waals surface area contributed by atoms with Gasteiger partial charge in [0.25, 0.3) is 5.56 Å². The lowest BCUT2D eigenvalue weighted by atomic mass is 9.87. The van der Waals surface area contributed by atoms with Gasteiger partial charge in [0.2, 0.25) is 14.5 Å². The largest absolute Gasteiger partial charge is 0.544 e. The minimum atomic E-state index is -1.56. The summed E-state index contributed by atoms with van der Waals surface area (Å²) >= 11 is 0. The third-order valence-corrected chi connectivity index (χ3v) is 4.08. The van der Waals surface area contributed by atoms with Gasteiger partial charge in [-0.05, 0) is 30.6 Å². The van der Waals surface area contributed by atoms with Crippen molar-refractivity contribution in [3.63, 3.8) is 0 Å². The summed E-state index contributed by atoms with van der Waals surface area (Å²) in [5.41, 5.74) is -0.482. The number of nitrogens with two attached hydrogens (primary N) is 1. The second-order valence-electron chi connectivity index (χ2n) is 6.64. The lowest BCUT2D eigenvalue weighted by Crippen LogP contribution is -2.34. The molecule has 0 fully saturated rings. The zero-order chi connectivity index (χ0) is 16.7. The maximum atomic E-state index is 12.9. The van der Waals surface area contributed by atoms with E-state index in [1.807, 2.05) is 33.9 Å². The summed E-state index contributed by atoms with van der Waals surface area (Å²) in [7, 11) is -1.56. The molecule has 2 aromatic rings. The Morgan fingerprint density at radius 3 is 2.27 bits per heavy atom. The van der Waals surface area contributed by atoms with E-state index < -0.39 is 20.0 Å². The molecule has 1 aromatic heterocycles. The molecule has 1 heterocycles. The molecule has 0 radical (unpaired) electrons. The minimum absolute atomic E-state index is 0.152. The Labute approximate surface area is 131 Å². The Balaban J connectivity index is 3.14. The van der Waals surface area contributed by atoms with Crippen molar-refractivity contribution in [1.82, 2.24) is 4.68 Å². The van der Waals surface area contributed by atoms with Gasteiger partial charge in [0.1, 0.15) is 0 Å². The molecule has 0 bridgehead atoms. The van der Waals surface area contributed by atoms with Gasteiger partial charge >= 0.3 is 0 Å². The fourth-order valence-electron chi connectivity index (χ4n) is 2.45. The maximum Gasteiger partial charge on any atom is 0.276 e. The van der Waals surface area contributed by atoms with Gasteiger partial charge < -0.3 is 10.3 Å². The van der Waals surface area contributed by atoms with Crippen LogP contribution in [0.5, 0.6) is 5.75 Å². The Morgan fingerprint density at radius 2 is 1.73 bits per heavy atom. The van der Waals surface area contributed by atoms with Crippen LogP contribution >= 0.6 is 0 Å². The number of fused-ring (bicyclic) bond motifs is 1. The van der Waals surface area contributed by atoms with E-state index in [9.17, 15) is 9.59 Å². The monoisotopic (exact) mass is 318 g/mol. The first-order valence-corrected chi connectivity index (χ1v) is 10.1. The molecule has 0 aliphatic carbocycles. The molecular formula is C16H22N2O3Si. The van der Waals surface area contributed by atoms with E-state index in [0.717, 1.165) is 4.68 Å². The van der Waals surface area contributed by atoms with E-state index in [2.05, 4.69) is 0 Å². The Kier molecular flexibility index (Phi) is 4.15. The molecule has 0 aliphatic heterocycles. The summed E-state index contributed by atoms with van der Waals surface area (Å²) < 4.78 is 6.91. The molecule has 6 heteroatoms. The molecule has 22 heavy (non-hydrogen) atoms. The molecule has 0 unspecified atom stereocenters. The molecule has 2 rings (SSSR count). The van der Waals surface area contributed by atoms with E-state index >= 15 is 0 Å². The van der Waals surface area contributed by atoms with Crippen LogP contribution in [0.1, 0.15) is 26.3 Å². The fourth-order valence-corrected chi connectivity index (χ4v) is 3.14. The predicted octanol–water partition coefficient (Wildman–Crippen LogP) is 1.74. The van der Waals surface area contributed by atoms with Gasteiger partial charge in [-0.2, -0.15) is 0 Å². The van der Waals surface area contributed by atoms with Crippen molar-refractivity contribution in [3.8, 4) is 5.75 Å². The molecule has 1 aromatic carbocycles. The Hall–Kier alpha value is -2.08. The number of hydrogen-bond donors (Lipinski definition) is 1. The van der Waals surface area contributed by atoms with Crippen LogP contribution in [-0.4, -0.2) is 13.7 Å². The van der Waals surface area contributed by atoms with Crippen molar-refractivity contribution >= 4 is 19.9 Å². The van der Waals surface area contributed by atoms with Crippen molar-refractivity contribution in [1.29, 1.82) is 0 Å². The molecule has 0 saturated carbocycles. The Bertz CT molecular complexity index is 836. The lowest BCUT2D eigenvalue weighted by Gasteiger charge is -2.21. The topological polar surface area (TPSA) is 74.3 Å². The van der Waals surface area contributed by atoms with Crippen LogP contribution in [0.25, 0.3) is 10.9 Å². The molecule has 0 atom stereocenters. The summed E-state index contributed by atoms with van der Waals surface area (Å²) in [5, 5.41) is 0.391. The highest BCUT2D eigenvalue weighted by Gasteiger charge is 2.27. The van der Waals surface area contributed by atoms with E-state index in [4.69, 9.17) is 10.3 Å². The predicted molar refractivity (Wildman–Crippen MR) is 92.8 cm³/mol. The number of nitrogen functional groups attached to an aromatic ring is 1. The van der Waals surface area contributed by atoms with E-state index in [0.29, 0.717) is 16.5 Å². The summed E-state index contributed by atoms with van der Waals surface area (Å²) in [4.78, 5) is 25.7. The number of rotatable bonds is 2. The third-order valence-electron chi connectivity index (χ3n) is 3.38. The van der Waals surface area contributed by atoms with Crippen LogP contribution in [0.4, 0.5) is 0 Å². The molecule has 2 N–H and O–H groups in total. The number of para-hydroxylation sites is 1. The average Bonchev–Trinajstić information content (AvgIpc) is 2.49. The SMILES string of the molecule is C[SiH](C)Oc1c(C(C)(C)C)c(=O)n(N)c2ccccc2c1=O. The lowest BCUT2D eigenvalue weighted by molar-refractivity contribution is 0.512. The number of benzene rings is 1. The quantitative estimate of drug-likeness (QED) is 0.676. The van der Waals surface area contributed by atoms with Crippen LogP contribution < -0.4 is 21.3 Å². The zero-order valence-electron chi connectivity index (χ0n) is 13.6. The number of hydrogen-bond acceptors (Lipinski definition) is 4. The second-order valence-corrected chi connectivity index (χ2v) is 8.98. The van der Waals surface area contributed by atoms with Crippen molar-refractivity contribution in [2.24, 2.45) is 0 Å². The molecular weight excluding hydrogens is 296 g/mol. The van der Waals surface area contributed by atoms with E-state index in [1.165, 1.54) is 0 Å². The van der Waals surface area contributed by atoms with Crippen molar-refractivity contribution in [2.45, 2.75) is 39.3 Å². The van der Waals surface area contributed by atoms with E-state index in [-0.39, 0.29) is 11.2 Å². The van der Waals surface area contributed by atoms with Crippen LogP contribution in [0, 0.1) is 0 Å². The summed E-state index contributed by atoms with van der Waals surface area (Å²) in [6.45, 7) is 9.55. The highest BCUT2D eigenvalue weighted by atomic mass is 28.3. The molecule has 0 aliphatic rings. The van der Waals surface area contributed by atoms with Gasteiger partial charge in [0, 0.05) is 0 Å².